The molecule has 0 unspecified atom stereocenters. The average Bonchev–Trinajstić information content (AvgIpc) is 2.40. The quantitative estimate of drug-likeness (QED) is 0.637. The van der Waals surface area contributed by atoms with Crippen LogP contribution in [0.15, 0.2) is 11.8 Å². The molecule has 108 valence electrons. The molecule has 0 amide bonds. The van der Waals surface area contributed by atoms with Gasteiger partial charge in [-0.25, -0.2) is 4.39 Å². The predicted molar refractivity (Wildman–Crippen MR) is 83.5 cm³/mol. The summed E-state index contributed by atoms with van der Waals surface area (Å²) < 4.78 is 12.9. The molecule has 2 aliphatic rings. The van der Waals surface area contributed by atoms with Gasteiger partial charge in [-0.05, 0) is 62.2 Å². The van der Waals surface area contributed by atoms with Gasteiger partial charge in [-0.3, -0.25) is 0 Å². The zero-order chi connectivity index (χ0) is 13.7. The van der Waals surface area contributed by atoms with Crippen LogP contribution in [0.25, 0.3) is 0 Å². The summed E-state index contributed by atoms with van der Waals surface area (Å²) >= 11 is 0. The van der Waals surface area contributed by atoms with Crippen LogP contribution in [0.2, 0.25) is 0 Å². The minimum atomic E-state index is 0.0172. The molecular formula is C17H30BF. The van der Waals surface area contributed by atoms with Crippen molar-refractivity contribution in [3.8, 4) is 0 Å². The Hall–Kier alpha value is -0.265. The van der Waals surface area contributed by atoms with E-state index in [2.05, 4.69) is 6.92 Å². The standard InChI is InChI=1S/C17H30BF/c1-2-3-13-4-8-15(9-5-13)16-10-6-14(7-11-16)12-17(18)19/h12-16H,2-11,18H2,1H3/b17-12-. The third kappa shape index (κ3) is 4.65. The maximum Gasteiger partial charge on any atom is 0.176 e. The molecule has 0 aromatic heterocycles. The maximum atomic E-state index is 12.9. The van der Waals surface area contributed by atoms with Gasteiger partial charge < -0.3 is 0 Å². The Morgan fingerprint density at radius 3 is 2.00 bits per heavy atom. The van der Waals surface area contributed by atoms with Gasteiger partial charge in [0.25, 0.3) is 0 Å². The highest BCUT2D eigenvalue weighted by Crippen LogP contribution is 2.42. The minimum Gasteiger partial charge on any atom is -0.224 e. The van der Waals surface area contributed by atoms with E-state index in [-0.39, 0.29) is 5.73 Å². The first kappa shape index (κ1) is 15.1. The van der Waals surface area contributed by atoms with E-state index in [0.717, 1.165) is 17.8 Å². The Morgan fingerprint density at radius 1 is 1.00 bits per heavy atom. The van der Waals surface area contributed by atoms with Gasteiger partial charge in [0, 0.05) is 5.73 Å². The van der Waals surface area contributed by atoms with Crippen molar-refractivity contribution in [3.05, 3.63) is 11.8 Å². The van der Waals surface area contributed by atoms with Crippen molar-refractivity contribution in [1.82, 2.24) is 0 Å². The Morgan fingerprint density at radius 2 is 1.53 bits per heavy atom. The smallest absolute Gasteiger partial charge is 0.176 e. The molecule has 0 atom stereocenters. The van der Waals surface area contributed by atoms with Crippen LogP contribution in [-0.4, -0.2) is 7.85 Å². The van der Waals surface area contributed by atoms with E-state index in [1.165, 1.54) is 64.2 Å². The summed E-state index contributed by atoms with van der Waals surface area (Å²) in [6.45, 7) is 2.31. The molecule has 0 saturated heterocycles. The van der Waals surface area contributed by atoms with Crippen molar-refractivity contribution in [2.45, 2.75) is 71.1 Å². The summed E-state index contributed by atoms with van der Waals surface area (Å²) in [6, 6.07) is 0. The van der Waals surface area contributed by atoms with Gasteiger partial charge in [-0.2, -0.15) is 0 Å². The third-order valence-electron chi connectivity index (χ3n) is 5.54. The molecule has 0 aromatic rings. The highest BCUT2D eigenvalue weighted by molar-refractivity contribution is 6.19. The van der Waals surface area contributed by atoms with Crippen molar-refractivity contribution in [3.63, 3.8) is 0 Å². The first-order valence-electron chi connectivity index (χ1n) is 8.53. The Balaban J connectivity index is 1.72. The van der Waals surface area contributed by atoms with Gasteiger partial charge in [-0.15, -0.1) is 0 Å². The molecule has 0 aliphatic heterocycles. The largest absolute Gasteiger partial charge is 0.224 e. The molecule has 19 heavy (non-hydrogen) atoms. The van der Waals surface area contributed by atoms with Crippen molar-refractivity contribution in [2.75, 3.05) is 0 Å². The molecule has 2 heteroatoms. The molecular weight excluding hydrogens is 234 g/mol. The molecule has 0 heterocycles. The molecule has 0 radical (unpaired) electrons. The SMILES string of the molecule is B/C(F)=C/C1CCC(C2CCC(CCC)CC2)CC1. The molecule has 0 nitrogen and oxygen atoms in total. The van der Waals surface area contributed by atoms with Gasteiger partial charge in [0.05, 0.1) is 0 Å². The first-order valence-corrected chi connectivity index (χ1v) is 8.53. The van der Waals surface area contributed by atoms with Crippen molar-refractivity contribution in [1.29, 1.82) is 0 Å². The molecule has 0 aromatic carbocycles. The Kier molecular flexibility index (Phi) is 5.97. The second-order valence-electron chi connectivity index (χ2n) is 7.00. The van der Waals surface area contributed by atoms with E-state index >= 15 is 0 Å². The van der Waals surface area contributed by atoms with Crippen LogP contribution >= 0.6 is 0 Å². The number of hydrogen-bond acceptors (Lipinski definition) is 0. The summed E-state index contributed by atoms with van der Waals surface area (Å²) in [5, 5.41) is 0. The topological polar surface area (TPSA) is 0 Å². The minimum absolute atomic E-state index is 0.0172. The second-order valence-corrected chi connectivity index (χ2v) is 7.00. The molecule has 0 N–H and O–H groups in total. The highest BCUT2D eigenvalue weighted by atomic mass is 19.1. The molecule has 2 fully saturated rings. The zero-order valence-electron chi connectivity index (χ0n) is 12.8. The number of allylic oxidation sites excluding steroid dienone is 1. The fourth-order valence-corrected chi connectivity index (χ4v) is 4.46. The molecule has 2 aliphatic carbocycles. The monoisotopic (exact) mass is 264 g/mol. The predicted octanol–water partition coefficient (Wildman–Crippen LogP) is 4.84. The van der Waals surface area contributed by atoms with E-state index < -0.39 is 0 Å². The van der Waals surface area contributed by atoms with Crippen molar-refractivity contribution in [2.24, 2.45) is 23.7 Å². The molecule has 0 bridgehead atoms. The van der Waals surface area contributed by atoms with Crippen LogP contribution < -0.4 is 0 Å². The van der Waals surface area contributed by atoms with Gasteiger partial charge in [0.2, 0.25) is 0 Å². The first-order chi connectivity index (χ1) is 9.19. The van der Waals surface area contributed by atoms with E-state index in [4.69, 9.17) is 0 Å². The Labute approximate surface area is 119 Å². The highest BCUT2D eigenvalue weighted by Gasteiger charge is 2.30. The van der Waals surface area contributed by atoms with Crippen molar-refractivity contribution < 1.29 is 4.39 Å². The average molecular weight is 264 g/mol. The van der Waals surface area contributed by atoms with Crippen LogP contribution in [-0.2, 0) is 0 Å². The van der Waals surface area contributed by atoms with E-state index in [1.807, 2.05) is 6.08 Å². The van der Waals surface area contributed by atoms with Gasteiger partial charge >= 0.3 is 0 Å². The van der Waals surface area contributed by atoms with Crippen molar-refractivity contribution >= 4 is 7.85 Å². The summed E-state index contributed by atoms with van der Waals surface area (Å²) in [4.78, 5) is 0. The second kappa shape index (κ2) is 7.50. The van der Waals surface area contributed by atoms with Gasteiger partial charge in [-0.1, -0.05) is 38.7 Å². The summed E-state index contributed by atoms with van der Waals surface area (Å²) in [5.41, 5.74) is 0.0172. The lowest BCUT2D eigenvalue weighted by Gasteiger charge is -2.37. The van der Waals surface area contributed by atoms with Crippen LogP contribution in [0.5, 0.6) is 0 Å². The van der Waals surface area contributed by atoms with Crippen LogP contribution in [0.4, 0.5) is 4.39 Å². The molecule has 0 spiro atoms. The molecule has 2 rings (SSSR count). The van der Waals surface area contributed by atoms with Crippen LogP contribution in [0, 0.1) is 23.7 Å². The van der Waals surface area contributed by atoms with Gasteiger partial charge in [0.15, 0.2) is 7.85 Å². The lowest BCUT2D eigenvalue weighted by atomic mass is 9.68. The zero-order valence-corrected chi connectivity index (χ0v) is 12.8. The fraction of sp³-hybridized carbons (Fsp3) is 0.882. The van der Waals surface area contributed by atoms with Crippen LogP contribution in [0.3, 0.4) is 0 Å². The third-order valence-corrected chi connectivity index (χ3v) is 5.54. The van der Waals surface area contributed by atoms with Crippen LogP contribution in [0.1, 0.15) is 71.1 Å². The maximum absolute atomic E-state index is 12.9. The van der Waals surface area contributed by atoms with E-state index in [9.17, 15) is 4.39 Å². The summed E-state index contributed by atoms with van der Waals surface area (Å²) in [5.74, 6) is 3.49. The number of hydrogen-bond donors (Lipinski definition) is 0. The van der Waals surface area contributed by atoms with E-state index in [0.29, 0.717) is 5.92 Å². The van der Waals surface area contributed by atoms with E-state index in [1.54, 1.807) is 7.85 Å². The summed E-state index contributed by atoms with van der Waals surface area (Å²) in [6.07, 6.45) is 15.7. The summed E-state index contributed by atoms with van der Waals surface area (Å²) in [7, 11) is 1.58. The lowest BCUT2D eigenvalue weighted by Crippen LogP contribution is -2.25. The Bertz CT molecular complexity index is 280. The molecule has 2 saturated carbocycles. The number of rotatable bonds is 4. The number of halogens is 1. The fourth-order valence-electron chi connectivity index (χ4n) is 4.46. The lowest BCUT2D eigenvalue weighted by molar-refractivity contribution is 0.152. The normalized spacial score (nSPS) is 37.3. The van der Waals surface area contributed by atoms with Gasteiger partial charge in [0.1, 0.15) is 0 Å².